The number of nitrogens with one attached hydrogen (secondary N) is 2. The van der Waals surface area contributed by atoms with Crippen LogP contribution in [-0.4, -0.2) is 41.1 Å². The fourth-order valence-electron chi connectivity index (χ4n) is 3.63. The number of aromatic nitrogens is 3. The van der Waals surface area contributed by atoms with Crippen LogP contribution in [0.1, 0.15) is 18.5 Å². The van der Waals surface area contributed by atoms with Crippen molar-refractivity contribution in [2.75, 3.05) is 31.1 Å². The molecule has 2 aromatic carbocycles. The van der Waals surface area contributed by atoms with E-state index in [1.807, 2.05) is 49.6 Å². The van der Waals surface area contributed by atoms with E-state index in [1.54, 1.807) is 31.0 Å². The molecular weight excluding hydrogens is 414 g/mol. The minimum atomic E-state index is -0.518. The van der Waals surface area contributed by atoms with Crippen LogP contribution in [0.3, 0.4) is 0 Å². The molecule has 2 heterocycles. The van der Waals surface area contributed by atoms with E-state index < -0.39 is 6.04 Å². The van der Waals surface area contributed by atoms with Crippen LogP contribution >= 0.6 is 11.8 Å². The molecule has 0 spiro atoms. The van der Waals surface area contributed by atoms with Gasteiger partial charge in [-0.3, -0.25) is 4.79 Å². The number of ether oxygens (including phenoxy) is 2. The Bertz CT molecular complexity index is 1160. The lowest BCUT2D eigenvalue weighted by Crippen LogP contribution is -2.31. The highest BCUT2D eigenvalue weighted by molar-refractivity contribution is 7.98. The fourth-order valence-corrected chi connectivity index (χ4v) is 3.98. The van der Waals surface area contributed by atoms with Crippen LogP contribution in [-0.2, 0) is 4.79 Å². The zero-order chi connectivity index (χ0) is 22.0. The first-order valence-corrected chi connectivity index (χ1v) is 10.9. The molecule has 1 atom stereocenters. The molecule has 0 radical (unpaired) electrons. The summed E-state index contributed by atoms with van der Waals surface area (Å²) >= 11 is 1.44. The fraction of sp³-hybridized carbons (Fsp3) is 0.227. The second-order valence-corrected chi connectivity index (χ2v) is 7.60. The molecule has 1 aliphatic rings. The maximum Gasteiger partial charge on any atom is 0.255 e. The summed E-state index contributed by atoms with van der Waals surface area (Å²) in [6.45, 7) is 1.86. The van der Waals surface area contributed by atoms with Gasteiger partial charge in [-0.05, 0) is 31.4 Å². The summed E-state index contributed by atoms with van der Waals surface area (Å²) < 4.78 is 12.7. The molecule has 1 aromatic heterocycles. The molecule has 160 valence electrons. The summed E-state index contributed by atoms with van der Waals surface area (Å²) in [6.07, 6.45) is 1.91. The van der Waals surface area contributed by atoms with Gasteiger partial charge in [-0.25, -0.2) is 4.68 Å². The maximum absolute atomic E-state index is 13.5. The normalized spacial score (nSPS) is 15.2. The summed E-state index contributed by atoms with van der Waals surface area (Å²) in [7, 11) is 3.18. The number of para-hydroxylation sites is 3. The monoisotopic (exact) mass is 437 g/mol. The predicted molar refractivity (Wildman–Crippen MR) is 121 cm³/mol. The van der Waals surface area contributed by atoms with E-state index >= 15 is 0 Å². The summed E-state index contributed by atoms with van der Waals surface area (Å²) in [5.41, 5.74) is 2.61. The van der Waals surface area contributed by atoms with E-state index in [0.29, 0.717) is 39.6 Å². The molecule has 0 unspecified atom stereocenters. The van der Waals surface area contributed by atoms with Gasteiger partial charge in [0.25, 0.3) is 5.91 Å². The van der Waals surface area contributed by atoms with Crippen LogP contribution in [0.5, 0.6) is 11.5 Å². The highest BCUT2D eigenvalue weighted by Crippen LogP contribution is 2.40. The molecule has 0 saturated carbocycles. The average Bonchev–Trinajstić information content (AvgIpc) is 3.21. The summed E-state index contributed by atoms with van der Waals surface area (Å²) in [6, 6.07) is 14.4. The summed E-state index contributed by atoms with van der Waals surface area (Å²) in [5.74, 6) is 1.55. The lowest BCUT2D eigenvalue weighted by atomic mass is 9.94. The zero-order valence-corrected chi connectivity index (χ0v) is 18.5. The van der Waals surface area contributed by atoms with E-state index in [1.165, 1.54) is 11.8 Å². The Morgan fingerprint density at radius 2 is 1.77 bits per heavy atom. The molecule has 9 heteroatoms. The van der Waals surface area contributed by atoms with Crippen LogP contribution in [0, 0.1) is 0 Å². The molecule has 31 heavy (non-hydrogen) atoms. The molecule has 8 nitrogen and oxygen atoms in total. The Balaban J connectivity index is 1.83. The van der Waals surface area contributed by atoms with Crippen molar-refractivity contribution in [2.45, 2.75) is 18.1 Å². The summed E-state index contributed by atoms with van der Waals surface area (Å²) in [4.78, 5) is 18.1. The average molecular weight is 438 g/mol. The standard InChI is InChI=1S/C22H23N5O3S/c1-13-18(20(28)24-15-10-6-8-12-17(15)30-3)19(14-9-5-7-11-16(14)29-2)27-21(23-13)25-22(26-27)31-4/h5-12,19H,1-4H3,(H,24,28)(H,23,25,26)/t19-/m0/s1. The quantitative estimate of drug-likeness (QED) is 0.565. The second-order valence-electron chi connectivity index (χ2n) is 6.83. The minimum absolute atomic E-state index is 0.266. The van der Waals surface area contributed by atoms with Gasteiger partial charge in [0.05, 0.1) is 25.5 Å². The number of methoxy groups -OCH3 is 2. The molecular formula is C22H23N5O3S. The topological polar surface area (TPSA) is 90.3 Å². The van der Waals surface area contributed by atoms with Gasteiger partial charge in [0.2, 0.25) is 11.1 Å². The van der Waals surface area contributed by atoms with Gasteiger partial charge in [-0.15, -0.1) is 5.10 Å². The number of fused-ring (bicyclic) bond motifs is 1. The lowest BCUT2D eigenvalue weighted by molar-refractivity contribution is -0.113. The number of benzene rings is 2. The third kappa shape index (κ3) is 3.84. The van der Waals surface area contributed by atoms with Gasteiger partial charge < -0.3 is 20.1 Å². The third-order valence-corrected chi connectivity index (χ3v) is 5.59. The van der Waals surface area contributed by atoms with Gasteiger partial charge in [0, 0.05) is 11.3 Å². The largest absolute Gasteiger partial charge is 0.496 e. The Morgan fingerprint density at radius 3 is 2.48 bits per heavy atom. The van der Waals surface area contributed by atoms with Gasteiger partial charge in [-0.2, -0.15) is 4.98 Å². The molecule has 0 fully saturated rings. The second kappa shape index (κ2) is 8.73. The number of carbonyl (C=O) groups is 1. The van der Waals surface area contributed by atoms with Gasteiger partial charge in [-0.1, -0.05) is 42.1 Å². The maximum atomic E-state index is 13.5. The molecule has 2 N–H and O–H groups in total. The van der Waals surface area contributed by atoms with E-state index in [2.05, 4.69) is 20.7 Å². The first kappa shape index (κ1) is 20.8. The number of carbonyl (C=O) groups excluding carboxylic acids is 1. The van der Waals surface area contributed by atoms with Gasteiger partial charge in [0.15, 0.2) is 0 Å². The molecule has 3 aromatic rings. The Morgan fingerprint density at radius 1 is 1.10 bits per heavy atom. The number of rotatable bonds is 6. The van der Waals surface area contributed by atoms with Crippen molar-refractivity contribution in [1.82, 2.24) is 14.8 Å². The van der Waals surface area contributed by atoms with Crippen LogP contribution in [0.15, 0.2) is 65.0 Å². The smallest absolute Gasteiger partial charge is 0.255 e. The third-order valence-electron chi connectivity index (χ3n) is 5.05. The SMILES string of the molecule is COc1ccccc1NC(=O)C1=C(C)Nc2nc(SC)nn2[C@H]1c1ccccc1OC. The Hall–Kier alpha value is -3.46. The number of hydrogen-bond donors (Lipinski definition) is 2. The van der Waals surface area contributed by atoms with Crippen LogP contribution in [0.2, 0.25) is 0 Å². The van der Waals surface area contributed by atoms with Crippen LogP contribution in [0.4, 0.5) is 11.6 Å². The zero-order valence-electron chi connectivity index (χ0n) is 17.7. The van der Waals surface area contributed by atoms with Crippen LogP contribution in [0.25, 0.3) is 0 Å². The van der Waals surface area contributed by atoms with E-state index in [-0.39, 0.29) is 5.91 Å². The molecule has 1 aliphatic heterocycles. The number of hydrogen-bond acceptors (Lipinski definition) is 7. The number of nitrogens with zero attached hydrogens (tertiary/aromatic N) is 3. The molecule has 4 rings (SSSR count). The molecule has 0 saturated heterocycles. The van der Waals surface area contributed by atoms with Crippen molar-refractivity contribution in [2.24, 2.45) is 0 Å². The minimum Gasteiger partial charge on any atom is -0.496 e. The van der Waals surface area contributed by atoms with E-state index in [0.717, 1.165) is 5.56 Å². The van der Waals surface area contributed by atoms with Crippen molar-refractivity contribution in [1.29, 1.82) is 0 Å². The van der Waals surface area contributed by atoms with Crippen molar-refractivity contribution < 1.29 is 14.3 Å². The lowest BCUT2D eigenvalue weighted by Gasteiger charge is -2.29. The number of anilines is 2. The highest BCUT2D eigenvalue weighted by atomic mass is 32.2. The molecule has 0 bridgehead atoms. The van der Waals surface area contributed by atoms with Crippen molar-refractivity contribution in [3.63, 3.8) is 0 Å². The van der Waals surface area contributed by atoms with Gasteiger partial charge >= 0.3 is 0 Å². The predicted octanol–water partition coefficient (Wildman–Crippen LogP) is 3.94. The first-order chi connectivity index (χ1) is 15.1. The molecule has 0 aliphatic carbocycles. The Kier molecular flexibility index (Phi) is 5.85. The number of thioether (sulfide) groups is 1. The molecule has 1 amide bonds. The van der Waals surface area contributed by atoms with Crippen LogP contribution < -0.4 is 20.1 Å². The van der Waals surface area contributed by atoms with Gasteiger partial charge in [0.1, 0.15) is 17.5 Å². The van der Waals surface area contributed by atoms with Crippen molar-refractivity contribution in [3.8, 4) is 11.5 Å². The highest BCUT2D eigenvalue weighted by Gasteiger charge is 2.36. The van der Waals surface area contributed by atoms with Crippen molar-refractivity contribution in [3.05, 3.63) is 65.4 Å². The number of allylic oxidation sites excluding steroid dienone is 1. The Labute approximate surface area is 184 Å². The number of amides is 1. The first-order valence-electron chi connectivity index (χ1n) is 9.63. The van der Waals surface area contributed by atoms with Crippen molar-refractivity contribution >= 4 is 29.3 Å². The van der Waals surface area contributed by atoms with E-state index in [9.17, 15) is 4.79 Å². The summed E-state index contributed by atoms with van der Waals surface area (Å²) in [5, 5.41) is 11.4. The van der Waals surface area contributed by atoms with E-state index in [4.69, 9.17) is 9.47 Å².